The Kier molecular flexibility index (Phi) is 20.9. The number of aromatic nitrogens is 4. The fraction of sp³-hybridized carbons (Fsp3) is 0.448. The van der Waals surface area contributed by atoms with E-state index in [0.717, 1.165) is 58.8 Å². The summed E-state index contributed by atoms with van der Waals surface area (Å²) in [5, 5.41) is 11.9. The lowest BCUT2D eigenvalue weighted by Crippen LogP contribution is -2.36. The van der Waals surface area contributed by atoms with Crippen LogP contribution in [0.15, 0.2) is 59.6 Å². The van der Waals surface area contributed by atoms with Gasteiger partial charge in [-0.2, -0.15) is 13.2 Å². The molecular weight excluding hydrogens is 781 g/mol. The Morgan fingerprint density at radius 1 is 0.640 bits per heavy atom. The Bertz CT molecular complexity index is 1720. The smallest absolute Gasteiger partial charge is 0.362 e. The molecule has 4 rings (SSSR count). The zero-order valence-electron chi connectivity index (χ0n) is 27.1. The second kappa shape index (κ2) is 23.0. The van der Waals surface area contributed by atoms with E-state index < -0.39 is 25.6 Å². The van der Waals surface area contributed by atoms with Gasteiger partial charge in [0.25, 0.3) is 0 Å². The molecule has 4 aromatic rings. The second-order valence-corrected chi connectivity index (χ2v) is 15.7. The van der Waals surface area contributed by atoms with Crippen LogP contribution < -0.4 is 20.1 Å². The standard InChI is InChI=1S/C15H22N4O2S2.C14H17F3N4O2S2.2ClH/c1-2-23(20,21)18-11-6-3-5-10-17-15-19-14(12-22-15)13-8-4-7-9-16-13;15-14(16,17)25(22,23)20-9-4-1-3-8-19-13-21-12(10-24-13)11-6-2-5-7-18-11;;/h4,7-9,12,18H,2-3,5-6,10-11H2,1H3,(H,17,19);2,5-7,10,20H,1,3-4,8-9H2,(H,19,21);2*1H. The van der Waals surface area contributed by atoms with Crippen molar-refractivity contribution in [3.05, 3.63) is 59.6 Å². The van der Waals surface area contributed by atoms with Crippen LogP contribution in [0, 0.1) is 0 Å². The largest absolute Gasteiger partial charge is 0.511 e. The van der Waals surface area contributed by atoms with E-state index in [9.17, 15) is 30.0 Å². The molecule has 0 aliphatic rings. The van der Waals surface area contributed by atoms with Crippen molar-refractivity contribution in [3.63, 3.8) is 0 Å². The minimum Gasteiger partial charge on any atom is -0.362 e. The van der Waals surface area contributed by atoms with Gasteiger partial charge in [-0.05, 0) is 56.9 Å². The maximum Gasteiger partial charge on any atom is 0.511 e. The minimum atomic E-state index is -5.26. The first-order valence-electron chi connectivity index (χ1n) is 15.1. The van der Waals surface area contributed by atoms with E-state index in [1.807, 2.05) is 47.2 Å². The van der Waals surface area contributed by atoms with Crippen LogP contribution >= 0.6 is 47.5 Å². The predicted octanol–water partition coefficient (Wildman–Crippen LogP) is 6.80. The lowest BCUT2D eigenvalue weighted by molar-refractivity contribution is -0.0447. The topological polar surface area (TPSA) is 168 Å². The van der Waals surface area contributed by atoms with E-state index in [1.165, 1.54) is 16.1 Å². The Morgan fingerprint density at radius 2 is 1.08 bits per heavy atom. The number of nitrogens with zero attached hydrogens (tertiary/aromatic N) is 4. The third-order valence-corrected chi connectivity index (χ3v) is 10.6. The van der Waals surface area contributed by atoms with Crippen molar-refractivity contribution in [2.75, 3.05) is 42.6 Å². The summed E-state index contributed by atoms with van der Waals surface area (Å²) in [7, 11) is -8.30. The molecule has 0 amide bonds. The van der Waals surface area contributed by atoms with E-state index in [0.29, 0.717) is 32.4 Å². The number of alkyl halides is 3. The Hall–Kier alpha value is -2.65. The van der Waals surface area contributed by atoms with Gasteiger partial charge in [-0.25, -0.2) is 36.2 Å². The molecule has 0 spiro atoms. The van der Waals surface area contributed by atoms with Gasteiger partial charge in [-0.1, -0.05) is 25.0 Å². The minimum absolute atomic E-state index is 0. The molecule has 4 N–H and O–H groups in total. The van der Waals surface area contributed by atoms with E-state index in [-0.39, 0.29) is 37.1 Å². The molecule has 0 radical (unpaired) electrons. The second-order valence-electron chi connectivity index (χ2n) is 10.1. The summed E-state index contributed by atoms with van der Waals surface area (Å²) >= 11 is 3.01. The number of hydrogen-bond donors (Lipinski definition) is 4. The third kappa shape index (κ3) is 16.6. The van der Waals surface area contributed by atoms with Crippen LogP contribution in [-0.4, -0.2) is 74.2 Å². The quantitative estimate of drug-likeness (QED) is 0.0739. The number of rotatable bonds is 19. The van der Waals surface area contributed by atoms with Crippen LogP contribution in [0.1, 0.15) is 45.4 Å². The van der Waals surface area contributed by atoms with Gasteiger partial charge in [0, 0.05) is 49.3 Å². The summed E-state index contributed by atoms with van der Waals surface area (Å²) in [6.45, 7) is 3.34. The summed E-state index contributed by atoms with van der Waals surface area (Å²) in [6, 6.07) is 11.3. The van der Waals surface area contributed by atoms with E-state index in [2.05, 4.69) is 35.3 Å². The normalized spacial score (nSPS) is 11.4. The zero-order chi connectivity index (χ0) is 34.9. The van der Waals surface area contributed by atoms with E-state index >= 15 is 0 Å². The average Bonchev–Trinajstić information content (AvgIpc) is 3.75. The molecule has 0 aromatic carbocycles. The molecule has 4 aromatic heterocycles. The first-order chi connectivity index (χ1) is 22.9. The number of thiazole rings is 2. The third-order valence-electron chi connectivity index (χ3n) is 6.42. The van der Waals surface area contributed by atoms with E-state index in [1.54, 1.807) is 30.7 Å². The number of pyridine rings is 2. The number of anilines is 2. The van der Waals surface area contributed by atoms with Gasteiger partial charge in [0.1, 0.15) is 11.4 Å². The molecule has 0 saturated heterocycles. The van der Waals surface area contributed by atoms with Crippen LogP contribution in [0.3, 0.4) is 0 Å². The van der Waals surface area contributed by atoms with Gasteiger partial charge in [-0.15, -0.1) is 47.5 Å². The van der Waals surface area contributed by atoms with Crippen LogP contribution in [-0.2, 0) is 20.0 Å². The van der Waals surface area contributed by atoms with Crippen molar-refractivity contribution in [2.24, 2.45) is 0 Å². The van der Waals surface area contributed by atoms with Gasteiger partial charge in [0.2, 0.25) is 10.0 Å². The average molecular weight is 822 g/mol. The summed E-state index contributed by atoms with van der Waals surface area (Å²) in [4.78, 5) is 17.4. The molecule has 0 atom stereocenters. The van der Waals surface area contributed by atoms with Crippen LogP contribution in [0.25, 0.3) is 22.8 Å². The molecule has 0 aliphatic carbocycles. The van der Waals surface area contributed by atoms with Gasteiger partial charge in [0.15, 0.2) is 10.3 Å². The van der Waals surface area contributed by atoms with Crippen molar-refractivity contribution in [3.8, 4) is 22.8 Å². The van der Waals surface area contributed by atoms with Crippen LogP contribution in [0.5, 0.6) is 0 Å². The number of hydrogen-bond acceptors (Lipinski definition) is 12. The monoisotopic (exact) mass is 820 g/mol. The molecule has 4 heterocycles. The molecule has 50 heavy (non-hydrogen) atoms. The summed E-state index contributed by atoms with van der Waals surface area (Å²) in [6.07, 6.45) is 7.84. The predicted molar refractivity (Wildman–Crippen MR) is 200 cm³/mol. The molecule has 12 nitrogen and oxygen atoms in total. The molecule has 0 bridgehead atoms. The van der Waals surface area contributed by atoms with Crippen molar-refractivity contribution in [2.45, 2.75) is 51.0 Å². The molecule has 0 unspecified atom stereocenters. The maximum atomic E-state index is 12.1. The van der Waals surface area contributed by atoms with Crippen molar-refractivity contribution < 1.29 is 30.0 Å². The Labute approximate surface area is 311 Å². The van der Waals surface area contributed by atoms with Crippen LogP contribution in [0.2, 0.25) is 0 Å². The maximum absolute atomic E-state index is 12.1. The summed E-state index contributed by atoms with van der Waals surface area (Å²) in [5.41, 5.74) is -1.95. The first-order valence-corrected chi connectivity index (χ1v) is 20.0. The highest BCUT2D eigenvalue weighted by Gasteiger charge is 2.45. The zero-order valence-corrected chi connectivity index (χ0v) is 32.0. The van der Waals surface area contributed by atoms with Crippen molar-refractivity contribution in [1.82, 2.24) is 29.4 Å². The van der Waals surface area contributed by atoms with Gasteiger partial charge in [0.05, 0.1) is 17.1 Å². The molecule has 280 valence electrons. The fourth-order valence-corrected chi connectivity index (χ4v) is 6.54. The highest BCUT2D eigenvalue weighted by Crippen LogP contribution is 2.24. The highest BCUT2D eigenvalue weighted by molar-refractivity contribution is 7.90. The number of nitrogens with one attached hydrogen (secondary N) is 4. The molecule has 0 fully saturated rings. The highest BCUT2D eigenvalue weighted by atomic mass is 35.5. The lowest BCUT2D eigenvalue weighted by Gasteiger charge is -2.09. The SMILES string of the molecule is CCS(=O)(=O)NCCCCCNc1nc(-c2ccccn2)cs1.Cl.Cl.O=S(=O)(NCCCCCNc1nc(-c2ccccn2)cs1)C(F)(F)F. The molecular formula is C29H41Cl2F3N8O4S4. The molecule has 21 heteroatoms. The first kappa shape index (κ1) is 45.4. The van der Waals surface area contributed by atoms with Gasteiger partial charge < -0.3 is 10.6 Å². The Balaban J connectivity index is 0.000000482. The summed E-state index contributed by atoms with van der Waals surface area (Å²) < 4.78 is 84.5. The van der Waals surface area contributed by atoms with Crippen molar-refractivity contribution >= 4 is 77.8 Å². The van der Waals surface area contributed by atoms with Crippen LogP contribution in [0.4, 0.5) is 23.4 Å². The lowest BCUT2D eigenvalue weighted by atomic mass is 10.2. The van der Waals surface area contributed by atoms with Gasteiger partial charge >= 0.3 is 15.5 Å². The number of halogens is 5. The fourth-order valence-electron chi connectivity index (χ4n) is 3.84. The molecule has 0 saturated carbocycles. The number of sulfonamides is 2. The van der Waals surface area contributed by atoms with Gasteiger partial charge in [-0.3, -0.25) is 9.97 Å². The Morgan fingerprint density at radius 3 is 1.48 bits per heavy atom. The number of unbranched alkanes of at least 4 members (excludes halogenated alkanes) is 4. The van der Waals surface area contributed by atoms with E-state index in [4.69, 9.17) is 0 Å². The summed E-state index contributed by atoms with van der Waals surface area (Å²) in [5.74, 6) is 0.136. The molecule has 0 aliphatic heterocycles. The van der Waals surface area contributed by atoms with Crippen molar-refractivity contribution in [1.29, 1.82) is 0 Å².